The third-order valence-corrected chi connectivity index (χ3v) is 1.70. The predicted octanol–water partition coefficient (Wildman–Crippen LogP) is 1.59. The van der Waals surface area contributed by atoms with Crippen LogP contribution in [0.25, 0.3) is 0 Å². The zero-order chi connectivity index (χ0) is 9.64. The van der Waals surface area contributed by atoms with Gasteiger partial charge < -0.3 is 9.15 Å². The van der Waals surface area contributed by atoms with Gasteiger partial charge >= 0.3 is 6.39 Å². The van der Waals surface area contributed by atoms with E-state index in [1.165, 1.54) is 0 Å². The van der Waals surface area contributed by atoms with Crippen LogP contribution in [-0.2, 0) is 18.0 Å². The van der Waals surface area contributed by atoms with Crippen LogP contribution in [0.5, 0.6) is 0 Å². The molecule has 0 saturated heterocycles. The lowest BCUT2D eigenvalue weighted by Gasteiger charge is -2.00. The minimum Gasteiger partial charge on any atom is -0.414 e. The summed E-state index contributed by atoms with van der Waals surface area (Å²) in [6.45, 7) is 0.870. The molecule has 71 valence electrons. The van der Waals surface area contributed by atoms with Crippen LogP contribution in [0.15, 0.2) is 34.7 Å². The SMILES string of the molecule is [c]1nnc(COCc2ccccc2)o1. The Morgan fingerprint density at radius 3 is 2.79 bits per heavy atom. The lowest BCUT2D eigenvalue weighted by Crippen LogP contribution is -1.94. The molecule has 0 saturated carbocycles. The molecule has 0 spiro atoms. The second-order valence-electron chi connectivity index (χ2n) is 2.77. The highest BCUT2D eigenvalue weighted by Crippen LogP contribution is 2.02. The number of rotatable bonds is 4. The van der Waals surface area contributed by atoms with Crippen molar-refractivity contribution in [2.75, 3.05) is 0 Å². The summed E-state index contributed by atoms with van der Waals surface area (Å²) in [6, 6.07) is 9.91. The third-order valence-electron chi connectivity index (χ3n) is 1.70. The van der Waals surface area contributed by atoms with E-state index in [-0.39, 0.29) is 0 Å². The zero-order valence-corrected chi connectivity index (χ0v) is 7.51. The van der Waals surface area contributed by atoms with Gasteiger partial charge in [0.1, 0.15) is 6.61 Å². The van der Waals surface area contributed by atoms with Crippen molar-refractivity contribution in [2.45, 2.75) is 13.2 Å². The maximum Gasteiger partial charge on any atom is 0.306 e. The Morgan fingerprint density at radius 2 is 2.07 bits per heavy atom. The van der Waals surface area contributed by atoms with E-state index in [1.54, 1.807) is 0 Å². The van der Waals surface area contributed by atoms with Crippen LogP contribution in [-0.4, -0.2) is 10.2 Å². The molecule has 1 radical (unpaired) electrons. The molecule has 0 aliphatic carbocycles. The smallest absolute Gasteiger partial charge is 0.306 e. The van der Waals surface area contributed by atoms with E-state index in [4.69, 9.17) is 9.15 Å². The Morgan fingerprint density at radius 1 is 1.21 bits per heavy atom. The summed E-state index contributed by atoms with van der Waals surface area (Å²) in [4.78, 5) is 0. The maximum absolute atomic E-state index is 5.35. The molecule has 4 nitrogen and oxygen atoms in total. The highest BCUT2D eigenvalue weighted by atomic mass is 16.5. The van der Waals surface area contributed by atoms with Gasteiger partial charge in [-0.1, -0.05) is 30.3 Å². The molecule has 0 amide bonds. The van der Waals surface area contributed by atoms with E-state index >= 15 is 0 Å². The summed E-state index contributed by atoms with van der Waals surface area (Å²) in [6.07, 6.45) is 2.26. The summed E-state index contributed by atoms with van der Waals surface area (Å²) >= 11 is 0. The molecule has 0 aliphatic heterocycles. The third kappa shape index (κ3) is 2.40. The molecule has 2 rings (SSSR count). The molecule has 0 unspecified atom stereocenters. The van der Waals surface area contributed by atoms with Gasteiger partial charge in [-0.25, -0.2) is 0 Å². The van der Waals surface area contributed by atoms with E-state index < -0.39 is 0 Å². The largest absolute Gasteiger partial charge is 0.414 e. The minimum atomic E-state index is 0.325. The molecule has 0 N–H and O–H groups in total. The minimum absolute atomic E-state index is 0.325. The van der Waals surface area contributed by atoms with Crippen molar-refractivity contribution < 1.29 is 9.15 Å². The molecule has 14 heavy (non-hydrogen) atoms. The standard InChI is InChI=1S/C10H9N2O2/c1-2-4-9(5-3-1)6-13-7-10-12-11-8-14-10/h1-5H,6-7H2. The van der Waals surface area contributed by atoms with Crippen molar-refractivity contribution in [1.82, 2.24) is 10.2 Å². The van der Waals surface area contributed by atoms with E-state index in [0.29, 0.717) is 19.1 Å². The van der Waals surface area contributed by atoms with Crippen molar-refractivity contribution >= 4 is 0 Å². The van der Waals surface area contributed by atoms with Gasteiger partial charge in [0.15, 0.2) is 0 Å². The first-order valence-corrected chi connectivity index (χ1v) is 4.25. The van der Waals surface area contributed by atoms with Crippen LogP contribution < -0.4 is 0 Å². The molecule has 4 heteroatoms. The van der Waals surface area contributed by atoms with Crippen LogP contribution in [0.2, 0.25) is 0 Å². The first-order chi connectivity index (χ1) is 6.95. The van der Waals surface area contributed by atoms with E-state index in [1.807, 2.05) is 30.3 Å². The lowest BCUT2D eigenvalue weighted by molar-refractivity contribution is 0.0892. The molecule has 1 aromatic heterocycles. The summed E-state index contributed by atoms with van der Waals surface area (Å²) in [5.41, 5.74) is 1.12. The fourth-order valence-electron chi connectivity index (χ4n) is 1.06. The highest BCUT2D eigenvalue weighted by Gasteiger charge is 1.98. The van der Waals surface area contributed by atoms with Crippen LogP contribution in [0, 0.1) is 6.39 Å². The summed E-state index contributed by atoms with van der Waals surface area (Å²) in [5, 5.41) is 7.08. The number of benzene rings is 1. The quantitative estimate of drug-likeness (QED) is 0.732. The Labute approximate surface area is 81.5 Å². The summed E-state index contributed by atoms with van der Waals surface area (Å²) in [7, 11) is 0. The van der Waals surface area contributed by atoms with Gasteiger partial charge in [0.2, 0.25) is 5.89 Å². The van der Waals surface area contributed by atoms with Gasteiger partial charge in [-0.2, -0.15) is 0 Å². The number of hydrogen-bond acceptors (Lipinski definition) is 4. The highest BCUT2D eigenvalue weighted by molar-refractivity contribution is 5.13. The molecular weight excluding hydrogens is 180 g/mol. The predicted molar refractivity (Wildman–Crippen MR) is 48.1 cm³/mol. The van der Waals surface area contributed by atoms with E-state index in [9.17, 15) is 0 Å². The second-order valence-corrected chi connectivity index (χ2v) is 2.77. The molecule has 0 fully saturated rings. The van der Waals surface area contributed by atoms with Crippen LogP contribution >= 0.6 is 0 Å². The fourth-order valence-corrected chi connectivity index (χ4v) is 1.06. The molecule has 1 aromatic carbocycles. The van der Waals surface area contributed by atoms with Crippen molar-refractivity contribution in [1.29, 1.82) is 0 Å². The summed E-state index contributed by atoms with van der Waals surface area (Å²) in [5.74, 6) is 0.445. The number of nitrogens with zero attached hydrogens (tertiary/aromatic N) is 2. The van der Waals surface area contributed by atoms with Crippen molar-refractivity contribution in [3.63, 3.8) is 0 Å². The molecule has 1 heterocycles. The Kier molecular flexibility index (Phi) is 2.88. The lowest BCUT2D eigenvalue weighted by atomic mass is 10.2. The van der Waals surface area contributed by atoms with E-state index in [2.05, 4.69) is 16.6 Å². The average molecular weight is 189 g/mol. The Balaban J connectivity index is 1.79. The normalized spacial score (nSPS) is 10.3. The Bertz CT molecular complexity index is 359. The number of hydrogen-bond donors (Lipinski definition) is 0. The number of ether oxygens (including phenoxy) is 1. The fraction of sp³-hybridized carbons (Fsp3) is 0.200. The van der Waals surface area contributed by atoms with Gasteiger partial charge in [-0.15, -0.1) is 10.2 Å². The second kappa shape index (κ2) is 4.53. The van der Waals surface area contributed by atoms with Crippen molar-refractivity contribution in [3.05, 3.63) is 48.2 Å². The van der Waals surface area contributed by atoms with Crippen molar-refractivity contribution in [3.8, 4) is 0 Å². The molecule has 0 aliphatic rings. The van der Waals surface area contributed by atoms with Crippen molar-refractivity contribution in [2.24, 2.45) is 0 Å². The molecule has 0 bridgehead atoms. The van der Waals surface area contributed by atoms with Crippen LogP contribution in [0.4, 0.5) is 0 Å². The zero-order valence-electron chi connectivity index (χ0n) is 7.51. The monoisotopic (exact) mass is 189 g/mol. The van der Waals surface area contributed by atoms with Gasteiger partial charge in [-0.05, 0) is 5.56 Å². The first-order valence-electron chi connectivity index (χ1n) is 4.25. The summed E-state index contributed by atoms with van der Waals surface area (Å²) < 4.78 is 10.1. The number of aromatic nitrogens is 2. The topological polar surface area (TPSA) is 48.2 Å². The van der Waals surface area contributed by atoms with Gasteiger partial charge in [0, 0.05) is 0 Å². The first kappa shape index (κ1) is 8.90. The average Bonchev–Trinajstić information content (AvgIpc) is 2.72. The van der Waals surface area contributed by atoms with Gasteiger partial charge in [0.05, 0.1) is 6.61 Å². The van der Waals surface area contributed by atoms with E-state index in [0.717, 1.165) is 5.56 Å². The van der Waals surface area contributed by atoms with Crippen LogP contribution in [0.1, 0.15) is 11.5 Å². The molecular formula is C10H9N2O2. The van der Waals surface area contributed by atoms with Gasteiger partial charge in [-0.3, -0.25) is 0 Å². The molecule has 0 atom stereocenters. The Hall–Kier alpha value is -1.68. The maximum atomic E-state index is 5.35. The van der Waals surface area contributed by atoms with Gasteiger partial charge in [0.25, 0.3) is 0 Å². The molecule has 2 aromatic rings. The van der Waals surface area contributed by atoms with Crippen LogP contribution in [0.3, 0.4) is 0 Å².